The average molecular weight is 174 g/mol. The molecule has 66 valence electrons. The van der Waals surface area contributed by atoms with Crippen LogP contribution in [0.1, 0.15) is 13.8 Å². The number of aliphatic hydroxyl groups excluding tert-OH is 1. The molecule has 0 aliphatic rings. The fourth-order valence-electron chi connectivity index (χ4n) is 0.0956. The Morgan fingerprint density at radius 2 is 1.80 bits per heavy atom. The van der Waals surface area contributed by atoms with Gasteiger partial charge in [0.2, 0.25) is 0 Å². The molecule has 0 amide bonds. The van der Waals surface area contributed by atoms with Gasteiger partial charge in [-0.2, -0.15) is 0 Å². The van der Waals surface area contributed by atoms with Gasteiger partial charge < -0.3 is 15.9 Å². The summed E-state index contributed by atoms with van der Waals surface area (Å²) in [5.74, 6) is -0.961. The zero-order valence-corrected chi connectivity index (χ0v) is 6.02. The summed E-state index contributed by atoms with van der Waals surface area (Å²) in [5.41, 5.74) is 4.50. The molecule has 0 aromatic rings. The van der Waals surface area contributed by atoms with Crippen molar-refractivity contribution in [1.82, 2.24) is 0 Å². The summed E-state index contributed by atoms with van der Waals surface area (Å²) < 4.78 is 0. The largest absolute Gasteiger partial charge is 0.481 e. The van der Waals surface area contributed by atoms with E-state index in [1.165, 1.54) is 7.05 Å². The van der Waals surface area contributed by atoms with E-state index in [1.807, 2.05) is 0 Å². The van der Waals surface area contributed by atoms with Gasteiger partial charge in [-0.25, -0.2) is 0 Å². The Bertz CT molecular complexity index is 60.9. The van der Waals surface area contributed by atoms with Crippen molar-refractivity contribution in [1.29, 1.82) is 0 Å². The molecular weight excluding hydrogens is 158 g/mol. The molecule has 10 heavy (non-hydrogen) atoms. The quantitative estimate of drug-likeness (QED) is 0.553. The smallest absolute Gasteiger partial charge is 0.305 e. The first-order valence-electron chi connectivity index (χ1n) is 2.17. The summed E-state index contributed by atoms with van der Waals surface area (Å²) in [6.45, 7) is -0.269. The second kappa shape index (κ2) is 23.4. The minimum Gasteiger partial charge on any atom is -0.481 e. The Morgan fingerprint density at radius 3 is 1.80 bits per heavy atom. The maximum absolute atomic E-state index is 9.44. The summed E-state index contributed by atoms with van der Waals surface area (Å²) in [6.07, 6.45) is -0.153. The van der Waals surface area contributed by atoms with Crippen molar-refractivity contribution < 1.29 is 15.0 Å². The van der Waals surface area contributed by atoms with Crippen LogP contribution in [0.5, 0.6) is 0 Å². The Morgan fingerprint density at radius 1 is 1.50 bits per heavy atom. The Labute approximate surface area is 67.5 Å². The van der Waals surface area contributed by atoms with E-state index in [9.17, 15) is 4.79 Å². The van der Waals surface area contributed by atoms with E-state index in [0.717, 1.165) is 0 Å². The van der Waals surface area contributed by atoms with Crippen LogP contribution in [0.3, 0.4) is 0 Å². The van der Waals surface area contributed by atoms with E-state index in [1.54, 1.807) is 0 Å². The van der Waals surface area contributed by atoms with Crippen molar-refractivity contribution in [2.75, 3.05) is 13.7 Å². The second-order valence-corrected chi connectivity index (χ2v) is 0.867. The van der Waals surface area contributed by atoms with Gasteiger partial charge in [0, 0.05) is 0 Å². The molecule has 0 fully saturated rings. The number of carbonyl (C=O) groups is 1. The number of aliphatic hydroxyl groups is 1. The lowest BCUT2D eigenvalue weighted by atomic mass is 10.5. The molecule has 4 nitrogen and oxygen atoms in total. The molecule has 0 rings (SSSR count). The van der Waals surface area contributed by atoms with Gasteiger partial charge >= 0.3 is 5.97 Å². The van der Waals surface area contributed by atoms with Crippen molar-refractivity contribution in [3.63, 3.8) is 0 Å². The van der Waals surface area contributed by atoms with Crippen LogP contribution in [-0.2, 0) is 4.79 Å². The van der Waals surface area contributed by atoms with Crippen LogP contribution in [0.2, 0.25) is 0 Å². The predicted molar refractivity (Wildman–Crippen MR) is 43.4 cm³/mol. The number of carboxylic acids is 1. The highest BCUT2D eigenvalue weighted by atomic mass is 35.5. The summed E-state index contributed by atoms with van der Waals surface area (Å²) in [5, 5.41) is 15.6. The van der Waals surface area contributed by atoms with Crippen LogP contribution in [0.4, 0.5) is 0 Å². The van der Waals surface area contributed by atoms with Crippen molar-refractivity contribution >= 4 is 18.4 Å². The molecule has 0 heterocycles. The highest BCUT2D eigenvalue weighted by Gasteiger charge is 1.88. The van der Waals surface area contributed by atoms with Gasteiger partial charge in [0.05, 0.1) is 13.0 Å². The summed E-state index contributed by atoms with van der Waals surface area (Å²) >= 11 is 0. The zero-order chi connectivity index (χ0) is 6.99. The van der Waals surface area contributed by atoms with E-state index >= 15 is 0 Å². The van der Waals surface area contributed by atoms with Crippen LogP contribution in [0.15, 0.2) is 0 Å². The van der Waals surface area contributed by atoms with Gasteiger partial charge in [-0.15, -0.1) is 12.4 Å². The van der Waals surface area contributed by atoms with Crippen LogP contribution < -0.4 is 5.73 Å². The van der Waals surface area contributed by atoms with Gasteiger partial charge in [0.15, 0.2) is 0 Å². The van der Waals surface area contributed by atoms with E-state index < -0.39 is 5.97 Å². The zero-order valence-electron chi connectivity index (χ0n) is 5.20. The molecule has 0 saturated carbocycles. The molecule has 0 unspecified atom stereocenters. The molecule has 0 radical (unpaired) electrons. The third-order valence-electron chi connectivity index (χ3n) is 0.326. The van der Waals surface area contributed by atoms with E-state index in [2.05, 4.69) is 5.73 Å². The molecule has 0 aromatic carbocycles. The van der Waals surface area contributed by atoms with Crippen molar-refractivity contribution in [3.8, 4) is 0 Å². The lowest BCUT2D eigenvalue weighted by Gasteiger charge is -1.79. The number of rotatable bonds is 2. The molecule has 0 aliphatic heterocycles. The number of halogens is 1. The third kappa shape index (κ3) is 47.7. The summed E-state index contributed by atoms with van der Waals surface area (Å²) in [4.78, 5) is 9.44. The number of aliphatic carboxylic acids is 1. The predicted octanol–water partition coefficient (Wildman–Crippen LogP) is 0.0862. The number of carboxylic acid groups (broad SMARTS) is 1. The molecule has 0 atom stereocenters. The summed E-state index contributed by atoms with van der Waals surface area (Å²) in [7, 11) is 1.50. The van der Waals surface area contributed by atoms with E-state index in [-0.39, 0.29) is 32.9 Å². The number of hydrogen-bond donors (Lipinski definition) is 3. The van der Waals surface area contributed by atoms with E-state index in [4.69, 9.17) is 10.2 Å². The normalized spacial score (nSPS) is 5.50. The monoisotopic (exact) mass is 173 g/mol. The van der Waals surface area contributed by atoms with Crippen molar-refractivity contribution in [3.05, 3.63) is 0 Å². The van der Waals surface area contributed by atoms with Gasteiger partial charge in [0.25, 0.3) is 0 Å². The van der Waals surface area contributed by atoms with Gasteiger partial charge in [-0.3, -0.25) is 4.79 Å². The molecule has 0 aliphatic carbocycles. The molecule has 0 saturated heterocycles. The third-order valence-corrected chi connectivity index (χ3v) is 0.326. The molecule has 0 bridgehead atoms. The fraction of sp³-hybridized carbons (Fsp3) is 0.800. The highest BCUT2D eigenvalue weighted by molar-refractivity contribution is 5.85. The Balaban J connectivity index is -0.0000000412. The van der Waals surface area contributed by atoms with Gasteiger partial charge in [-0.05, 0) is 7.05 Å². The minimum absolute atomic E-state index is 0. The molecule has 0 aromatic heterocycles. The molecular formula is C5H16ClNO3. The van der Waals surface area contributed by atoms with Gasteiger partial charge in [0.1, 0.15) is 0 Å². The number of hydrogen-bond acceptors (Lipinski definition) is 3. The van der Waals surface area contributed by atoms with Crippen molar-refractivity contribution in [2.45, 2.75) is 13.8 Å². The standard InChI is InChI=1S/C3H6O3.CH5N.CH4.ClH/c4-2-1-3(5)6;1-2;;/h4H,1-2H2,(H,5,6);2H2,1H3;1H4;1H. The molecule has 4 N–H and O–H groups in total. The van der Waals surface area contributed by atoms with Crippen LogP contribution >= 0.6 is 12.4 Å². The second-order valence-electron chi connectivity index (χ2n) is 0.867. The Hall–Kier alpha value is -0.320. The van der Waals surface area contributed by atoms with E-state index in [0.29, 0.717) is 0 Å². The minimum atomic E-state index is -0.961. The van der Waals surface area contributed by atoms with Crippen LogP contribution in [0.25, 0.3) is 0 Å². The first-order chi connectivity index (χ1) is 3.77. The topological polar surface area (TPSA) is 83.6 Å². The highest BCUT2D eigenvalue weighted by Crippen LogP contribution is 1.70. The average Bonchev–Trinajstić information content (AvgIpc) is 1.72. The number of nitrogens with two attached hydrogens (primary N) is 1. The molecule has 5 heteroatoms. The van der Waals surface area contributed by atoms with Gasteiger partial charge in [-0.1, -0.05) is 7.43 Å². The first-order valence-corrected chi connectivity index (χ1v) is 2.17. The lowest BCUT2D eigenvalue weighted by Crippen LogP contribution is -1.96. The van der Waals surface area contributed by atoms with Crippen molar-refractivity contribution in [2.24, 2.45) is 5.73 Å². The Kier molecular flexibility index (Phi) is 52.8. The van der Waals surface area contributed by atoms with Crippen LogP contribution in [-0.4, -0.2) is 29.8 Å². The SMILES string of the molecule is C.CN.Cl.O=C(O)CCO. The van der Waals surface area contributed by atoms with Crippen LogP contribution in [0, 0.1) is 0 Å². The summed E-state index contributed by atoms with van der Waals surface area (Å²) in [6, 6.07) is 0. The molecule has 0 spiro atoms. The first kappa shape index (κ1) is 22.6. The fourth-order valence-corrected chi connectivity index (χ4v) is 0.0956. The maximum atomic E-state index is 9.44. The lowest BCUT2D eigenvalue weighted by molar-refractivity contribution is -0.137. The maximum Gasteiger partial charge on any atom is 0.305 e.